The van der Waals surface area contributed by atoms with E-state index in [1.165, 1.54) is 18.6 Å². The minimum Gasteiger partial charge on any atom is -0.483 e. The van der Waals surface area contributed by atoms with Crippen LogP contribution in [0.2, 0.25) is 0 Å². The molecule has 0 aliphatic carbocycles. The van der Waals surface area contributed by atoms with Crippen molar-refractivity contribution in [3.8, 4) is 11.3 Å². The Balaban J connectivity index is 0. The zero-order valence-electron chi connectivity index (χ0n) is 29.8. The van der Waals surface area contributed by atoms with Crippen molar-refractivity contribution in [1.29, 1.82) is 0 Å². The summed E-state index contributed by atoms with van der Waals surface area (Å²) in [5.74, 6) is -0.558. The molecule has 1 unspecified atom stereocenters. The Kier molecular flexibility index (Phi) is 24.5. The maximum Gasteiger partial charge on any atom is 0.290 e. The van der Waals surface area contributed by atoms with Gasteiger partial charge in [-0.05, 0) is 42.1 Å². The molecule has 2 amide bonds. The smallest absolute Gasteiger partial charge is 0.290 e. The summed E-state index contributed by atoms with van der Waals surface area (Å²) < 4.78 is 26.3. The second-order valence-corrected chi connectivity index (χ2v) is 11.1. The number of nitrogens with zero attached hydrogens (tertiary/aromatic N) is 3. The number of nitrogen functional groups attached to an aromatic ring is 1. The lowest BCUT2D eigenvalue weighted by atomic mass is 9.84. The molecule has 0 saturated heterocycles. The number of amides is 2. The van der Waals surface area contributed by atoms with Crippen molar-refractivity contribution in [3.05, 3.63) is 71.9 Å². The van der Waals surface area contributed by atoms with Crippen molar-refractivity contribution in [2.45, 2.75) is 73.9 Å². The first-order valence-electron chi connectivity index (χ1n) is 16.0. The molecule has 13 heteroatoms. The number of carbonyl (C=O) groups excluding carboxylic acids is 2. The first-order chi connectivity index (χ1) is 22.9. The number of aromatic nitrogens is 2. The van der Waals surface area contributed by atoms with E-state index in [4.69, 9.17) is 32.1 Å². The molecule has 3 aromatic rings. The van der Waals surface area contributed by atoms with E-state index in [-0.39, 0.29) is 31.0 Å². The van der Waals surface area contributed by atoms with E-state index in [1.807, 2.05) is 69.5 Å². The van der Waals surface area contributed by atoms with Gasteiger partial charge in [-0.3, -0.25) is 18.8 Å². The maximum absolute atomic E-state index is 14.9. The summed E-state index contributed by atoms with van der Waals surface area (Å²) in [6, 6.07) is 13.7. The Morgan fingerprint density at radius 3 is 2.15 bits per heavy atom. The molecule has 48 heavy (non-hydrogen) atoms. The monoisotopic (exact) mass is 677 g/mol. The molecule has 1 atom stereocenters. The number of carbonyl (C=O) groups is 3. The predicted molar refractivity (Wildman–Crippen MR) is 190 cm³/mol. The second kappa shape index (κ2) is 25.7. The number of hydrogen-bond donors (Lipinski definition) is 5. The number of halogens is 2. The van der Waals surface area contributed by atoms with Crippen LogP contribution < -0.4 is 22.5 Å². The van der Waals surface area contributed by atoms with Crippen LogP contribution in [-0.4, -0.2) is 71.2 Å². The quantitative estimate of drug-likeness (QED) is 0.132. The largest absolute Gasteiger partial charge is 0.483 e. The number of carboxylic acid groups (broad SMARTS) is 1. The fourth-order valence-electron chi connectivity index (χ4n) is 4.43. The van der Waals surface area contributed by atoms with Crippen molar-refractivity contribution in [3.63, 3.8) is 0 Å². The predicted octanol–water partition coefficient (Wildman–Crippen LogP) is 5.39. The first kappa shape index (κ1) is 45.8. The average molecular weight is 678 g/mol. The number of hydrogen-bond acceptors (Lipinski definition) is 7. The van der Waals surface area contributed by atoms with Crippen molar-refractivity contribution in [2.75, 3.05) is 39.1 Å². The van der Waals surface area contributed by atoms with Crippen LogP contribution in [0, 0.1) is 11.2 Å². The highest BCUT2D eigenvalue weighted by Gasteiger charge is 2.38. The summed E-state index contributed by atoms with van der Waals surface area (Å²) in [4.78, 5) is 40.2. The lowest BCUT2D eigenvalue weighted by molar-refractivity contribution is -0.137. The highest BCUT2D eigenvalue weighted by Crippen LogP contribution is 2.39. The second-order valence-electron chi connectivity index (χ2n) is 11.1. The van der Waals surface area contributed by atoms with Gasteiger partial charge in [0, 0.05) is 30.5 Å². The number of imidazole rings is 1. The number of rotatable bonds is 11. The third kappa shape index (κ3) is 16.0. The highest BCUT2D eigenvalue weighted by atomic mass is 19.1. The van der Waals surface area contributed by atoms with Gasteiger partial charge in [-0.25, -0.2) is 9.37 Å². The number of nitrogens with two attached hydrogens (primary N) is 3. The van der Waals surface area contributed by atoms with Gasteiger partial charge in [-0.2, -0.15) is 0 Å². The number of nitrogens with one attached hydrogen (secondary N) is 1. The highest BCUT2D eigenvalue weighted by molar-refractivity contribution is 5.85. The van der Waals surface area contributed by atoms with Gasteiger partial charge >= 0.3 is 0 Å². The first-order valence-corrected chi connectivity index (χ1v) is 16.0. The van der Waals surface area contributed by atoms with Crippen LogP contribution in [0.5, 0.6) is 0 Å². The van der Waals surface area contributed by atoms with E-state index >= 15 is 0 Å². The van der Waals surface area contributed by atoms with Gasteiger partial charge in [-0.1, -0.05) is 85.2 Å². The van der Waals surface area contributed by atoms with Crippen LogP contribution in [-0.2, 0) is 20.9 Å². The van der Waals surface area contributed by atoms with Gasteiger partial charge < -0.3 is 37.1 Å². The van der Waals surface area contributed by atoms with Crippen LogP contribution in [0.4, 0.5) is 14.5 Å². The van der Waals surface area contributed by atoms with E-state index in [9.17, 15) is 18.4 Å². The Hall–Kier alpha value is -4.36. The Morgan fingerprint density at radius 1 is 1.08 bits per heavy atom. The van der Waals surface area contributed by atoms with Gasteiger partial charge in [0.05, 0.1) is 32.0 Å². The minimum atomic E-state index is -0.516. The average Bonchev–Trinajstić information content (AvgIpc) is 3.47. The van der Waals surface area contributed by atoms with Crippen molar-refractivity contribution < 1.29 is 28.3 Å². The summed E-state index contributed by atoms with van der Waals surface area (Å²) >= 11 is 0. The molecule has 8 N–H and O–H groups in total. The summed E-state index contributed by atoms with van der Waals surface area (Å²) in [6.45, 7) is 14.8. The lowest BCUT2D eigenvalue weighted by Gasteiger charge is -2.40. The van der Waals surface area contributed by atoms with Crippen molar-refractivity contribution in [2.24, 2.45) is 16.9 Å². The van der Waals surface area contributed by atoms with E-state index in [1.54, 1.807) is 17.2 Å². The summed E-state index contributed by atoms with van der Waals surface area (Å²) in [7, 11) is 0.500. The van der Waals surface area contributed by atoms with E-state index < -0.39 is 23.2 Å². The zero-order valence-corrected chi connectivity index (χ0v) is 29.8. The molecule has 1 heterocycles. The van der Waals surface area contributed by atoms with E-state index in [0.717, 1.165) is 5.56 Å². The van der Waals surface area contributed by atoms with E-state index in [2.05, 4.69) is 19.2 Å². The van der Waals surface area contributed by atoms with Gasteiger partial charge in [0.1, 0.15) is 11.6 Å². The van der Waals surface area contributed by atoms with Crippen LogP contribution in [0.1, 0.15) is 78.7 Å². The molecule has 0 fully saturated rings. The molecule has 0 saturated carbocycles. The maximum atomic E-state index is 14.9. The van der Waals surface area contributed by atoms with Crippen LogP contribution >= 0.6 is 0 Å². The van der Waals surface area contributed by atoms with E-state index in [0.29, 0.717) is 50.4 Å². The Morgan fingerprint density at radius 2 is 1.65 bits per heavy atom. The minimum absolute atomic E-state index is 0.205. The molecule has 0 bridgehead atoms. The molecule has 11 nitrogen and oxygen atoms in total. The van der Waals surface area contributed by atoms with Crippen LogP contribution in [0.25, 0.3) is 11.3 Å². The summed E-state index contributed by atoms with van der Waals surface area (Å²) in [5.41, 5.74) is 18.8. The molecule has 3 rings (SSSR count). The summed E-state index contributed by atoms with van der Waals surface area (Å²) in [6.07, 6.45) is 3.60. The number of alkyl halides is 1. The SMILES string of the molecule is CC.CC(C)(C)C(c1nc(-c2cc(N)ccc2F)cn1Cc1ccccc1)N(CCCN)C(=O)CNC(=O)CN.CCC.CF.O=CO. The van der Waals surface area contributed by atoms with Gasteiger partial charge in [-0.15, -0.1) is 0 Å². The topological polar surface area (TPSA) is 183 Å². The van der Waals surface area contributed by atoms with Crippen molar-refractivity contribution in [1.82, 2.24) is 19.8 Å². The number of benzene rings is 2. The Bertz CT molecular complexity index is 1320. The van der Waals surface area contributed by atoms with Crippen LogP contribution in [0.3, 0.4) is 0 Å². The normalized spacial score (nSPS) is 10.6. The zero-order chi connectivity index (χ0) is 37.3. The Labute approximate surface area is 284 Å². The van der Waals surface area contributed by atoms with Crippen LogP contribution in [0.15, 0.2) is 54.7 Å². The lowest BCUT2D eigenvalue weighted by Crippen LogP contribution is -2.48. The molecule has 0 aliphatic rings. The van der Waals surface area contributed by atoms with Gasteiger partial charge in [0.2, 0.25) is 11.8 Å². The summed E-state index contributed by atoms with van der Waals surface area (Å²) in [5, 5.41) is 9.46. The molecule has 0 radical (unpaired) electrons. The van der Waals surface area contributed by atoms with Gasteiger partial charge in [0.25, 0.3) is 6.47 Å². The fourth-order valence-corrected chi connectivity index (χ4v) is 4.43. The molecule has 270 valence electrons. The molecular weight excluding hydrogens is 620 g/mol. The standard InChI is InChI=1S/C28H38FN7O2.C3H8.C2H6.CH3F.CH2O2/c1-28(2,3)26(36(13-7-12-30)25(38)16-33-24(37)15-31)27-34-23(21-14-20(32)10-11-22(21)29)18-35(27)17-19-8-5-4-6-9-19;1-3-2;2*1-2;2-1-3/h4-6,8-11,14,18,26H,7,12-13,15-17,30-32H2,1-3H3,(H,33,37);3H2,1-2H3;1-2H3;1H3;1H,(H,2,3). The third-order valence-electron chi connectivity index (χ3n) is 6.19. The van der Waals surface area contributed by atoms with Crippen molar-refractivity contribution >= 4 is 24.0 Å². The molecule has 2 aromatic carbocycles. The molecular formula is C35H57F2N7O4. The van der Waals surface area contributed by atoms with Gasteiger partial charge in [0.15, 0.2) is 0 Å². The number of anilines is 1. The third-order valence-corrected chi connectivity index (χ3v) is 6.19. The fraction of sp³-hybridized carbons (Fsp3) is 0.486. The molecule has 1 aromatic heterocycles. The molecule has 0 aliphatic heterocycles. The molecule has 0 spiro atoms.